The van der Waals surface area contributed by atoms with Gasteiger partial charge in [-0.2, -0.15) is 18.3 Å². The van der Waals surface area contributed by atoms with Crippen molar-refractivity contribution in [2.45, 2.75) is 102 Å². The van der Waals surface area contributed by atoms with Gasteiger partial charge in [0.1, 0.15) is 22.9 Å². The van der Waals surface area contributed by atoms with Gasteiger partial charge in [-0.25, -0.2) is 9.97 Å². The van der Waals surface area contributed by atoms with Gasteiger partial charge in [-0.1, -0.05) is 55.7 Å². The van der Waals surface area contributed by atoms with Crippen LogP contribution < -0.4 is 26.4 Å². The lowest BCUT2D eigenvalue weighted by molar-refractivity contribution is -0.138. The van der Waals surface area contributed by atoms with Crippen LogP contribution in [0, 0.1) is 5.92 Å². The number of imide groups is 1. The summed E-state index contributed by atoms with van der Waals surface area (Å²) in [5.74, 6) is -1.26. The van der Waals surface area contributed by atoms with Crippen molar-refractivity contribution < 1.29 is 46.7 Å². The van der Waals surface area contributed by atoms with Gasteiger partial charge in [0.2, 0.25) is 23.6 Å². The number of piperidine rings is 2. The lowest BCUT2D eigenvalue weighted by Crippen LogP contribution is -2.45. The molecule has 2 aromatic carbocycles. The van der Waals surface area contributed by atoms with Gasteiger partial charge in [0.05, 0.1) is 29.1 Å². The summed E-state index contributed by atoms with van der Waals surface area (Å²) in [7, 11) is 0. The number of likely N-dealkylation sites (tertiary alicyclic amines) is 1. The first-order chi connectivity index (χ1) is 35.2. The van der Waals surface area contributed by atoms with E-state index in [0.29, 0.717) is 78.8 Å². The van der Waals surface area contributed by atoms with Crippen LogP contribution in [0.5, 0.6) is 5.75 Å². The number of fused-ring (bicyclic) bond motifs is 1. The number of nitrogens with two attached hydrogens (primary N) is 1. The molecule has 1 unspecified atom stereocenters. The van der Waals surface area contributed by atoms with Crippen molar-refractivity contribution in [2.24, 2.45) is 5.92 Å². The number of nitrogen functional groups attached to an aromatic ring is 1. The van der Waals surface area contributed by atoms with Crippen molar-refractivity contribution >= 4 is 64.1 Å². The van der Waals surface area contributed by atoms with E-state index >= 15 is 0 Å². The molecule has 20 heteroatoms. The maximum absolute atomic E-state index is 13.8. The average molecular weight is 1010 g/mol. The Morgan fingerprint density at radius 1 is 0.932 bits per heavy atom. The first kappa shape index (κ1) is 51.7. The van der Waals surface area contributed by atoms with Crippen LogP contribution in [0.3, 0.4) is 0 Å². The van der Waals surface area contributed by atoms with Crippen LogP contribution in [0.2, 0.25) is 0 Å². The largest absolute Gasteiger partial charge is 0.484 e. The molecule has 73 heavy (non-hydrogen) atoms. The monoisotopic (exact) mass is 1000 g/mol. The highest BCUT2D eigenvalue weighted by atomic mass is 19.4. The summed E-state index contributed by atoms with van der Waals surface area (Å²) in [5, 5.41) is 16.0. The SMILES string of the molecule is Nc1ncc(/C=C/CCCN(CC(=O)NC2CCCCC2)C(=O)CCC2CCN(C(=O)COc3ccc(C4CCC(=O)NC4=O)cc3)CC2)c2n[nH]c(-c3ccc(C(=O)Nc4cc(C(F)(F)F)ccn4)cc3)c12. The van der Waals surface area contributed by atoms with Crippen molar-refractivity contribution in [1.29, 1.82) is 0 Å². The number of aromatic amines is 1. The second-order valence-corrected chi connectivity index (χ2v) is 18.9. The molecule has 2 aliphatic heterocycles. The molecule has 17 nitrogen and oxygen atoms in total. The standard InChI is InChI=1S/C53H59F3N10O7/c54-53(55,56)38-22-25-58-42(29-38)61-51(71)36-13-11-35(12-14-36)48-47-49(64-63-48)37(30-59-50(47)57)7-3-2-6-26-66(31-44(68)60-39-8-4-1-5-9-39)45(69)21-10-33-23-27-65(28-24-33)46(70)32-73-40-17-15-34(16-18-40)41-19-20-43(67)62-52(41)72/h3,7,11-18,22,25,29-30,33,39,41H,1-2,4-6,8-10,19-21,23-24,26-28,31-32H2,(H2,57,59)(H,60,68)(H,63,64)(H,58,61,71)(H,62,67,72)/b7-3+. The Hall–Kier alpha value is -7.64. The van der Waals surface area contributed by atoms with Gasteiger partial charge in [-0.3, -0.25) is 39.2 Å². The summed E-state index contributed by atoms with van der Waals surface area (Å²) in [6, 6.07) is 15.1. The minimum absolute atomic E-state index is 0.0249. The number of rotatable bonds is 18. The number of alkyl halides is 3. The van der Waals surface area contributed by atoms with Crippen LogP contribution in [0.4, 0.5) is 24.8 Å². The van der Waals surface area contributed by atoms with E-state index < -0.39 is 23.6 Å². The zero-order valence-electron chi connectivity index (χ0n) is 40.3. The summed E-state index contributed by atoms with van der Waals surface area (Å²) < 4.78 is 45.3. The van der Waals surface area contributed by atoms with Crippen molar-refractivity contribution in [2.75, 3.05) is 43.8 Å². The number of hydrogen-bond donors (Lipinski definition) is 5. The molecule has 3 aliphatic rings. The van der Waals surface area contributed by atoms with Crippen molar-refractivity contribution in [1.82, 2.24) is 40.6 Å². The van der Waals surface area contributed by atoms with Crippen LogP contribution in [0.15, 0.2) is 79.1 Å². The zero-order valence-corrected chi connectivity index (χ0v) is 40.3. The van der Waals surface area contributed by atoms with Crippen LogP contribution in [-0.2, 0) is 30.1 Å². The van der Waals surface area contributed by atoms with Crippen molar-refractivity contribution in [3.8, 4) is 17.0 Å². The Labute approximate surface area is 419 Å². The van der Waals surface area contributed by atoms with E-state index in [-0.39, 0.29) is 84.7 Å². The number of halogens is 3. The van der Waals surface area contributed by atoms with Crippen LogP contribution >= 0.6 is 0 Å². The Bertz CT molecular complexity index is 2820. The molecule has 1 atom stereocenters. The average Bonchev–Trinajstić information content (AvgIpc) is 3.84. The zero-order chi connectivity index (χ0) is 51.5. The van der Waals surface area contributed by atoms with Crippen LogP contribution in [-0.4, -0.2) is 104 Å². The summed E-state index contributed by atoms with van der Waals surface area (Å²) in [5.41, 5.74) is 8.83. The topological polar surface area (TPSA) is 235 Å². The van der Waals surface area contributed by atoms with E-state index in [2.05, 4.69) is 36.1 Å². The Balaban J connectivity index is 0.818. The number of carbonyl (C=O) groups is 6. The predicted octanol–water partition coefficient (Wildman–Crippen LogP) is 7.56. The number of carbonyl (C=O) groups excluding carboxylic acids is 6. The molecule has 1 saturated carbocycles. The molecule has 5 aromatic rings. The number of benzene rings is 2. The number of nitrogens with zero attached hydrogens (tertiary/aromatic N) is 5. The fourth-order valence-corrected chi connectivity index (χ4v) is 9.64. The van der Waals surface area contributed by atoms with Gasteiger partial charge in [0.15, 0.2) is 6.61 Å². The summed E-state index contributed by atoms with van der Waals surface area (Å²) in [4.78, 5) is 88.5. The fraction of sp³-hybridized carbons (Fsp3) is 0.415. The molecular formula is C53H59F3N10O7. The Morgan fingerprint density at radius 3 is 2.41 bits per heavy atom. The van der Waals surface area contributed by atoms with Gasteiger partial charge in [-0.15, -0.1) is 0 Å². The highest BCUT2D eigenvalue weighted by Gasteiger charge is 2.32. The van der Waals surface area contributed by atoms with Crippen LogP contribution in [0.1, 0.15) is 116 Å². The molecule has 0 radical (unpaired) electrons. The number of pyridine rings is 2. The number of ether oxygens (including phenoxy) is 1. The van der Waals surface area contributed by atoms with Gasteiger partial charge >= 0.3 is 6.18 Å². The van der Waals surface area contributed by atoms with Gasteiger partial charge in [0.25, 0.3) is 11.8 Å². The number of nitrogens with one attached hydrogen (secondary N) is 4. The van der Waals surface area contributed by atoms with Crippen LogP contribution in [0.25, 0.3) is 28.2 Å². The number of unbranched alkanes of at least 4 members (excludes halogenated alkanes) is 1. The summed E-state index contributed by atoms with van der Waals surface area (Å²) >= 11 is 0. The third kappa shape index (κ3) is 13.7. The molecule has 0 spiro atoms. The van der Waals surface area contributed by atoms with Gasteiger partial charge in [-0.05, 0) is 99.2 Å². The molecule has 384 valence electrons. The van der Waals surface area contributed by atoms with Gasteiger partial charge in [0, 0.05) is 67.6 Å². The number of hydrogen-bond acceptors (Lipinski definition) is 11. The molecule has 6 amide bonds. The molecule has 1 aliphatic carbocycles. The minimum Gasteiger partial charge on any atom is -0.484 e. The molecule has 5 heterocycles. The second-order valence-electron chi connectivity index (χ2n) is 18.9. The number of amides is 6. The van der Waals surface area contributed by atoms with E-state index in [1.54, 1.807) is 52.4 Å². The molecule has 3 fully saturated rings. The summed E-state index contributed by atoms with van der Waals surface area (Å²) in [6.45, 7) is 1.32. The summed E-state index contributed by atoms with van der Waals surface area (Å²) in [6.07, 6.45) is 11.3. The molecule has 3 aromatic heterocycles. The first-order valence-corrected chi connectivity index (χ1v) is 24.8. The number of allylic oxidation sites excluding steroid dienone is 1. The number of anilines is 2. The van der Waals surface area contributed by atoms with E-state index in [9.17, 15) is 41.9 Å². The van der Waals surface area contributed by atoms with E-state index in [0.717, 1.165) is 68.8 Å². The highest BCUT2D eigenvalue weighted by molar-refractivity contribution is 6.06. The van der Waals surface area contributed by atoms with E-state index in [1.807, 2.05) is 12.2 Å². The maximum Gasteiger partial charge on any atom is 0.416 e. The molecule has 2 saturated heterocycles. The van der Waals surface area contributed by atoms with Crippen molar-refractivity contribution in [3.05, 3.63) is 101 Å². The van der Waals surface area contributed by atoms with E-state index in [4.69, 9.17) is 10.5 Å². The second kappa shape index (κ2) is 23.7. The Morgan fingerprint density at radius 2 is 1.68 bits per heavy atom. The van der Waals surface area contributed by atoms with E-state index in [1.165, 1.54) is 12.1 Å². The molecular weight excluding hydrogens is 946 g/mol. The lowest BCUT2D eigenvalue weighted by atomic mass is 9.90. The predicted molar refractivity (Wildman–Crippen MR) is 266 cm³/mol. The van der Waals surface area contributed by atoms with Crippen molar-refractivity contribution in [3.63, 3.8) is 0 Å². The smallest absolute Gasteiger partial charge is 0.416 e. The molecule has 8 rings (SSSR count). The third-order valence-corrected chi connectivity index (χ3v) is 13.8. The highest BCUT2D eigenvalue weighted by Crippen LogP contribution is 2.34. The fourth-order valence-electron chi connectivity index (χ4n) is 9.64. The van der Waals surface area contributed by atoms with Gasteiger partial charge < -0.3 is 30.9 Å². The lowest BCUT2D eigenvalue weighted by Gasteiger charge is -2.32. The first-order valence-electron chi connectivity index (χ1n) is 24.8. The number of H-pyrrole nitrogens is 1. The quantitative estimate of drug-likeness (QED) is 0.0424. The minimum atomic E-state index is -4.59. The molecule has 6 N–H and O–H groups in total. The Kier molecular flexibility index (Phi) is 16.8. The third-order valence-electron chi connectivity index (χ3n) is 13.8. The number of aromatic nitrogens is 4. The maximum atomic E-state index is 13.8. The normalized spacial score (nSPS) is 16.9. The molecule has 0 bridgehead atoms.